The van der Waals surface area contributed by atoms with E-state index in [-0.39, 0.29) is 11.9 Å². The van der Waals surface area contributed by atoms with E-state index in [9.17, 15) is 4.79 Å². The van der Waals surface area contributed by atoms with Crippen LogP contribution in [0.5, 0.6) is 0 Å². The molecule has 3 nitrogen and oxygen atoms in total. The predicted molar refractivity (Wildman–Crippen MR) is 57.4 cm³/mol. The fourth-order valence-electron chi connectivity index (χ4n) is 1.87. The molecule has 0 spiro atoms. The third-order valence-corrected chi connectivity index (χ3v) is 2.86. The van der Waals surface area contributed by atoms with Gasteiger partial charge in [-0.1, -0.05) is 30.3 Å². The number of hydrogen-bond acceptors (Lipinski definition) is 3. The molecule has 0 aromatic heterocycles. The number of esters is 1. The number of carbonyl (C=O) groups is 1. The molecule has 0 heterocycles. The molecule has 2 rings (SSSR count). The Morgan fingerprint density at radius 1 is 1.53 bits per heavy atom. The molecule has 0 unspecified atom stereocenters. The first-order valence-electron chi connectivity index (χ1n) is 5.19. The molecule has 1 aromatic carbocycles. The maximum atomic E-state index is 11.6. The third-order valence-electron chi connectivity index (χ3n) is 2.86. The van der Waals surface area contributed by atoms with Gasteiger partial charge in [-0.25, -0.2) is 0 Å². The number of ether oxygens (including phenoxy) is 1. The Morgan fingerprint density at radius 3 is 2.80 bits per heavy atom. The molecular formula is C12H15NO2. The highest BCUT2D eigenvalue weighted by atomic mass is 16.5. The average molecular weight is 205 g/mol. The van der Waals surface area contributed by atoms with Gasteiger partial charge in [0.15, 0.2) is 0 Å². The van der Waals surface area contributed by atoms with Crippen LogP contribution in [-0.4, -0.2) is 18.1 Å². The summed E-state index contributed by atoms with van der Waals surface area (Å²) in [7, 11) is 0. The van der Waals surface area contributed by atoms with Crippen LogP contribution in [0.4, 0.5) is 0 Å². The van der Waals surface area contributed by atoms with Crippen LogP contribution in [0.25, 0.3) is 0 Å². The number of benzene rings is 1. The van der Waals surface area contributed by atoms with Crippen LogP contribution in [0.3, 0.4) is 0 Å². The molecule has 15 heavy (non-hydrogen) atoms. The molecule has 3 heteroatoms. The van der Waals surface area contributed by atoms with Gasteiger partial charge in [0.2, 0.25) is 0 Å². The minimum absolute atomic E-state index is 0.123. The first-order valence-corrected chi connectivity index (χ1v) is 5.19. The van der Waals surface area contributed by atoms with Gasteiger partial charge < -0.3 is 10.5 Å². The van der Waals surface area contributed by atoms with Gasteiger partial charge in [-0.05, 0) is 18.9 Å². The van der Waals surface area contributed by atoms with Crippen LogP contribution in [0.1, 0.15) is 24.8 Å². The fraction of sp³-hybridized carbons (Fsp3) is 0.417. The summed E-state index contributed by atoms with van der Waals surface area (Å²) in [4.78, 5) is 11.6. The van der Waals surface area contributed by atoms with Gasteiger partial charge in [0.25, 0.3) is 0 Å². The van der Waals surface area contributed by atoms with Crippen molar-refractivity contribution in [2.24, 2.45) is 5.73 Å². The van der Waals surface area contributed by atoms with Gasteiger partial charge in [0.05, 0.1) is 6.61 Å². The van der Waals surface area contributed by atoms with Crippen LogP contribution in [0, 0.1) is 0 Å². The van der Waals surface area contributed by atoms with Crippen LogP contribution in [-0.2, 0) is 9.53 Å². The van der Waals surface area contributed by atoms with Crippen molar-refractivity contribution in [2.45, 2.75) is 24.8 Å². The normalized spacial score (nSPS) is 28.5. The molecule has 0 aliphatic heterocycles. The Kier molecular flexibility index (Phi) is 2.49. The van der Waals surface area contributed by atoms with Crippen molar-refractivity contribution in [3.63, 3.8) is 0 Å². The molecular weight excluding hydrogens is 190 g/mol. The lowest BCUT2D eigenvalue weighted by atomic mass is 10.1. The molecule has 0 amide bonds. The number of nitrogens with two attached hydrogens (primary N) is 1. The van der Waals surface area contributed by atoms with Gasteiger partial charge in [-0.3, -0.25) is 4.79 Å². The molecule has 80 valence electrons. The smallest absolute Gasteiger partial charge is 0.326 e. The van der Waals surface area contributed by atoms with Crippen molar-refractivity contribution >= 4 is 5.97 Å². The molecule has 1 aromatic rings. The highest BCUT2D eigenvalue weighted by molar-refractivity contribution is 5.86. The molecule has 0 bridgehead atoms. The largest absolute Gasteiger partial charge is 0.465 e. The summed E-state index contributed by atoms with van der Waals surface area (Å²) >= 11 is 0. The zero-order valence-corrected chi connectivity index (χ0v) is 8.77. The Balaban J connectivity index is 2.09. The highest BCUT2D eigenvalue weighted by Crippen LogP contribution is 2.50. The molecule has 2 atom stereocenters. The second-order valence-electron chi connectivity index (χ2n) is 3.93. The van der Waals surface area contributed by atoms with E-state index in [1.807, 2.05) is 30.3 Å². The van der Waals surface area contributed by atoms with Crippen molar-refractivity contribution < 1.29 is 9.53 Å². The topological polar surface area (TPSA) is 52.3 Å². The summed E-state index contributed by atoms with van der Waals surface area (Å²) in [5.41, 5.74) is 6.32. The Bertz CT molecular complexity index is 363. The third kappa shape index (κ3) is 1.75. The zero-order valence-electron chi connectivity index (χ0n) is 8.77. The van der Waals surface area contributed by atoms with E-state index in [1.165, 1.54) is 0 Å². The van der Waals surface area contributed by atoms with Crippen LogP contribution in [0.15, 0.2) is 30.3 Å². The highest BCUT2D eigenvalue weighted by Gasteiger charge is 2.58. The van der Waals surface area contributed by atoms with Crippen molar-refractivity contribution in [2.75, 3.05) is 6.61 Å². The fourth-order valence-corrected chi connectivity index (χ4v) is 1.87. The standard InChI is InChI=1S/C12H15NO2/c1-2-15-11(14)12(13)8-10(12)9-6-4-3-5-7-9/h3-7,10H,2,8,13H2,1H3/t10-,12+/m0/s1. The predicted octanol–water partition coefficient (Wildman–Crippen LogP) is 1.43. The van der Waals surface area contributed by atoms with E-state index in [2.05, 4.69) is 0 Å². The van der Waals surface area contributed by atoms with Crippen molar-refractivity contribution in [3.05, 3.63) is 35.9 Å². The number of rotatable bonds is 3. The maximum absolute atomic E-state index is 11.6. The number of carbonyl (C=O) groups excluding carboxylic acids is 1. The SMILES string of the molecule is CCOC(=O)[C@@]1(N)C[C@H]1c1ccccc1. The molecule has 0 saturated heterocycles. The Hall–Kier alpha value is -1.35. The lowest BCUT2D eigenvalue weighted by Crippen LogP contribution is -2.36. The van der Waals surface area contributed by atoms with E-state index < -0.39 is 5.54 Å². The maximum Gasteiger partial charge on any atom is 0.326 e. The van der Waals surface area contributed by atoms with Crippen molar-refractivity contribution in [1.82, 2.24) is 0 Å². The molecule has 0 radical (unpaired) electrons. The zero-order chi connectivity index (χ0) is 10.9. The number of hydrogen-bond donors (Lipinski definition) is 1. The first-order chi connectivity index (χ1) is 7.18. The summed E-state index contributed by atoms with van der Waals surface area (Å²) < 4.78 is 4.96. The van der Waals surface area contributed by atoms with E-state index in [0.29, 0.717) is 13.0 Å². The summed E-state index contributed by atoms with van der Waals surface area (Å²) in [5, 5.41) is 0. The van der Waals surface area contributed by atoms with Crippen molar-refractivity contribution in [1.29, 1.82) is 0 Å². The van der Waals surface area contributed by atoms with E-state index in [1.54, 1.807) is 6.92 Å². The summed E-state index contributed by atoms with van der Waals surface area (Å²) in [6.07, 6.45) is 0.690. The summed E-state index contributed by atoms with van der Waals surface area (Å²) in [6.45, 7) is 2.18. The van der Waals surface area contributed by atoms with E-state index >= 15 is 0 Å². The van der Waals surface area contributed by atoms with Crippen LogP contribution in [0.2, 0.25) is 0 Å². The minimum Gasteiger partial charge on any atom is -0.465 e. The molecule has 1 aliphatic carbocycles. The van der Waals surface area contributed by atoms with E-state index in [4.69, 9.17) is 10.5 Å². The molecule has 1 fully saturated rings. The minimum atomic E-state index is -0.780. The molecule has 1 aliphatic rings. The lowest BCUT2D eigenvalue weighted by molar-refractivity contribution is -0.145. The van der Waals surface area contributed by atoms with Gasteiger partial charge in [-0.15, -0.1) is 0 Å². The van der Waals surface area contributed by atoms with Gasteiger partial charge in [0.1, 0.15) is 5.54 Å². The van der Waals surface area contributed by atoms with Gasteiger partial charge >= 0.3 is 5.97 Å². The van der Waals surface area contributed by atoms with Crippen molar-refractivity contribution in [3.8, 4) is 0 Å². The average Bonchev–Trinajstić information content (AvgIpc) is 2.94. The van der Waals surface area contributed by atoms with Gasteiger partial charge in [0, 0.05) is 5.92 Å². The van der Waals surface area contributed by atoms with Gasteiger partial charge in [-0.2, -0.15) is 0 Å². The quantitative estimate of drug-likeness (QED) is 0.759. The first kappa shape index (κ1) is 10.2. The lowest BCUT2D eigenvalue weighted by Gasteiger charge is -2.10. The molecule has 2 N–H and O–H groups in total. The second-order valence-corrected chi connectivity index (χ2v) is 3.93. The Morgan fingerprint density at radius 2 is 2.20 bits per heavy atom. The summed E-state index contributed by atoms with van der Waals surface area (Å²) in [6, 6.07) is 9.86. The molecule has 1 saturated carbocycles. The second kappa shape index (κ2) is 3.66. The van der Waals surface area contributed by atoms with Crippen LogP contribution < -0.4 is 5.73 Å². The Labute approximate surface area is 89.2 Å². The monoisotopic (exact) mass is 205 g/mol. The van der Waals surface area contributed by atoms with Crippen LogP contribution >= 0.6 is 0 Å². The van der Waals surface area contributed by atoms with E-state index in [0.717, 1.165) is 5.56 Å². The summed E-state index contributed by atoms with van der Waals surface area (Å²) in [5.74, 6) is -0.156.